The molecule has 0 bridgehead atoms. The Morgan fingerprint density at radius 3 is 2.61 bits per heavy atom. The highest BCUT2D eigenvalue weighted by molar-refractivity contribution is 6.31. The van der Waals surface area contributed by atoms with Gasteiger partial charge in [-0.15, -0.1) is 0 Å². The van der Waals surface area contributed by atoms with Crippen molar-refractivity contribution in [3.05, 3.63) is 64.4 Å². The summed E-state index contributed by atoms with van der Waals surface area (Å²) in [5.74, 6) is 0.340. The first-order valence-electron chi connectivity index (χ1n) is 10.8. The Kier molecular flexibility index (Phi) is 6.84. The fraction of sp³-hybridized carbons (Fsp3) is 0.500. The van der Waals surface area contributed by atoms with E-state index in [1.807, 2.05) is 24.3 Å². The van der Waals surface area contributed by atoms with Gasteiger partial charge < -0.3 is 19.7 Å². The fourth-order valence-corrected chi connectivity index (χ4v) is 4.83. The van der Waals surface area contributed by atoms with Gasteiger partial charge in [-0.25, -0.2) is 4.39 Å². The van der Waals surface area contributed by atoms with Gasteiger partial charge in [0.25, 0.3) is 0 Å². The minimum Gasteiger partial charge on any atom is -0.488 e. The molecule has 1 spiro atoms. The summed E-state index contributed by atoms with van der Waals surface area (Å²) < 4.78 is 26.1. The number of rotatable bonds is 6. The molecule has 2 aromatic carbocycles. The van der Waals surface area contributed by atoms with Crippen LogP contribution in [0.2, 0.25) is 5.02 Å². The second-order valence-electron chi connectivity index (χ2n) is 8.71. The first-order chi connectivity index (χ1) is 14.9. The predicted octanol–water partition coefficient (Wildman–Crippen LogP) is 3.93. The quantitative estimate of drug-likeness (QED) is 0.699. The summed E-state index contributed by atoms with van der Waals surface area (Å²) in [6, 6.07) is 12.4. The predicted molar refractivity (Wildman–Crippen MR) is 117 cm³/mol. The van der Waals surface area contributed by atoms with Crippen LogP contribution >= 0.6 is 11.6 Å². The van der Waals surface area contributed by atoms with Crippen LogP contribution in [0.1, 0.15) is 36.8 Å². The smallest absolute Gasteiger partial charge is 0.131 e. The molecule has 31 heavy (non-hydrogen) atoms. The normalized spacial score (nSPS) is 23.7. The molecule has 2 aromatic rings. The number of likely N-dealkylation sites (tertiary alicyclic amines) is 1. The first kappa shape index (κ1) is 22.5. The van der Waals surface area contributed by atoms with Crippen LogP contribution < -0.4 is 4.74 Å². The number of hydrogen-bond donors (Lipinski definition) is 2. The second kappa shape index (κ2) is 9.43. The topological polar surface area (TPSA) is 62.2 Å². The Hall–Kier alpha value is -1.70. The minimum atomic E-state index is -1.03. The highest BCUT2D eigenvalue weighted by Gasteiger charge is 2.46. The van der Waals surface area contributed by atoms with Crippen molar-refractivity contribution in [2.24, 2.45) is 0 Å². The molecular weight excluding hydrogens is 421 g/mol. The van der Waals surface area contributed by atoms with Crippen LogP contribution in [0, 0.1) is 5.82 Å². The number of aliphatic hydroxyl groups excluding tert-OH is 1. The molecule has 2 heterocycles. The Bertz CT molecular complexity index is 883. The van der Waals surface area contributed by atoms with Crippen LogP contribution in [0.5, 0.6) is 5.75 Å². The van der Waals surface area contributed by atoms with Crippen molar-refractivity contribution >= 4 is 11.6 Å². The van der Waals surface area contributed by atoms with E-state index in [0.717, 1.165) is 31.5 Å². The third-order valence-electron chi connectivity index (χ3n) is 6.49. The van der Waals surface area contributed by atoms with Gasteiger partial charge in [-0.1, -0.05) is 35.9 Å². The summed E-state index contributed by atoms with van der Waals surface area (Å²) in [6.07, 6.45) is 2.57. The number of piperidine rings is 1. The Morgan fingerprint density at radius 1 is 1.10 bits per heavy atom. The van der Waals surface area contributed by atoms with Gasteiger partial charge in [0, 0.05) is 43.6 Å². The van der Waals surface area contributed by atoms with E-state index in [1.54, 1.807) is 12.1 Å². The second-order valence-corrected chi connectivity index (χ2v) is 9.12. The van der Waals surface area contributed by atoms with E-state index in [4.69, 9.17) is 21.1 Å². The maximum atomic E-state index is 14.1. The van der Waals surface area contributed by atoms with Crippen molar-refractivity contribution in [1.82, 2.24) is 4.90 Å². The largest absolute Gasteiger partial charge is 0.488 e. The molecule has 5 nitrogen and oxygen atoms in total. The minimum absolute atomic E-state index is 0.0687. The van der Waals surface area contributed by atoms with Crippen molar-refractivity contribution in [3.8, 4) is 5.75 Å². The van der Waals surface area contributed by atoms with E-state index >= 15 is 0 Å². The lowest BCUT2D eigenvalue weighted by Crippen LogP contribution is -2.55. The lowest BCUT2D eigenvalue weighted by atomic mass is 9.77. The molecule has 7 heteroatoms. The zero-order chi connectivity index (χ0) is 21.9. The SMILES string of the molecule is OCC1(O)CCOC2(CCN(Cc3ccccc3OCc3c(F)cccc3Cl)CC2)C1. The van der Waals surface area contributed by atoms with Gasteiger partial charge in [0.15, 0.2) is 0 Å². The van der Waals surface area contributed by atoms with Gasteiger partial charge in [0.1, 0.15) is 18.2 Å². The van der Waals surface area contributed by atoms with Crippen molar-refractivity contribution in [3.63, 3.8) is 0 Å². The number of para-hydroxylation sites is 1. The molecule has 0 radical (unpaired) electrons. The third kappa shape index (κ3) is 5.21. The number of hydrogen-bond acceptors (Lipinski definition) is 5. The van der Waals surface area contributed by atoms with Crippen LogP contribution in [-0.4, -0.2) is 52.6 Å². The van der Waals surface area contributed by atoms with Crippen LogP contribution in [0.4, 0.5) is 4.39 Å². The highest BCUT2D eigenvalue weighted by Crippen LogP contribution is 2.40. The molecule has 4 rings (SSSR count). The van der Waals surface area contributed by atoms with Crippen LogP contribution in [0.15, 0.2) is 42.5 Å². The zero-order valence-electron chi connectivity index (χ0n) is 17.5. The number of halogens is 2. The fourth-order valence-electron chi connectivity index (χ4n) is 4.61. The highest BCUT2D eigenvalue weighted by atomic mass is 35.5. The summed E-state index contributed by atoms with van der Waals surface area (Å²) in [4.78, 5) is 2.33. The van der Waals surface area contributed by atoms with Crippen LogP contribution in [-0.2, 0) is 17.9 Å². The van der Waals surface area contributed by atoms with E-state index < -0.39 is 5.60 Å². The van der Waals surface area contributed by atoms with E-state index in [-0.39, 0.29) is 24.6 Å². The molecule has 0 aromatic heterocycles. The molecule has 0 saturated carbocycles. The van der Waals surface area contributed by atoms with Crippen molar-refractivity contribution in [2.75, 3.05) is 26.3 Å². The molecule has 2 aliphatic heterocycles. The lowest BCUT2D eigenvalue weighted by molar-refractivity contribution is -0.189. The molecule has 0 aliphatic carbocycles. The van der Waals surface area contributed by atoms with Gasteiger partial charge >= 0.3 is 0 Å². The van der Waals surface area contributed by atoms with E-state index in [2.05, 4.69) is 4.90 Å². The maximum Gasteiger partial charge on any atom is 0.131 e. The monoisotopic (exact) mass is 449 g/mol. The zero-order valence-corrected chi connectivity index (χ0v) is 18.3. The molecule has 2 saturated heterocycles. The van der Waals surface area contributed by atoms with Crippen molar-refractivity contribution in [2.45, 2.75) is 50.0 Å². The molecule has 2 fully saturated rings. The van der Waals surface area contributed by atoms with Gasteiger partial charge in [0.05, 0.1) is 29.4 Å². The summed E-state index contributed by atoms with van der Waals surface area (Å²) in [5, 5.41) is 20.4. The van der Waals surface area contributed by atoms with Gasteiger partial charge in [-0.05, 0) is 31.0 Å². The standard InChI is InChI=1S/C24H29ClFNO4/c25-20-5-3-6-21(26)19(20)15-30-22-7-2-1-4-18(22)14-27-11-8-24(9-12-27)16-23(29,17-28)10-13-31-24/h1-7,28-29H,8-17H2. The average molecular weight is 450 g/mol. The molecule has 2 N–H and O–H groups in total. The average Bonchev–Trinajstić information content (AvgIpc) is 2.76. The molecule has 1 atom stereocenters. The number of nitrogens with zero attached hydrogens (tertiary/aromatic N) is 1. The summed E-state index contributed by atoms with van der Waals surface area (Å²) >= 11 is 6.12. The first-order valence-corrected chi connectivity index (χ1v) is 11.1. The van der Waals surface area contributed by atoms with Crippen LogP contribution in [0.25, 0.3) is 0 Å². The summed E-state index contributed by atoms with van der Waals surface area (Å²) in [7, 11) is 0. The van der Waals surface area contributed by atoms with Crippen molar-refractivity contribution in [1.29, 1.82) is 0 Å². The third-order valence-corrected chi connectivity index (χ3v) is 6.84. The molecule has 2 aliphatic rings. The molecule has 168 valence electrons. The van der Waals surface area contributed by atoms with Gasteiger partial charge in [0.2, 0.25) is 0 Å². The summed E-state index contributed by atoms with van der Waals surface area (Å²) in [5.41, 5.74) is -0.00868. The number of benzene rings is 2. The van der Waals surface area contributed by atoms with E-state index in [9.17, 15) is 14.6 Å². The maximum absolute atomic E-state index is 14.1. The molecule has 0 amide bonds. The van der Waals surface area contributed by atoms with Gasteiger partial charge in [-0.2, -0.15) is 0 Å². The Labute approximate surface area is 187 Å². The number of aliphatic hydroxyl groups is 2. The summed E-state index contributed by atoms with van der Waals surface area (Å²) in [6.45, 7) is 2.69. The molecular formula is C24H29ClFNO4. The van der Waals surface area contributed by atoms with Gasteiger partial charge in [-0.3, -0.25) is 4.90 Å². The van der Waals surface area contributed by atoms with Crippen molar-refractivity contribution < 1.29 is 24.1 Å². The van der Waals surface area contributed by atoms with E-state index in [0.29, 0.717) is 42.3 Å². The Balaban J connectivity index is 1.38. The Morgan fingerprint density at radius 2 is 1.87 bits per heavy atom. The van der Waals surface area contributed by atoms with Crippen LogP contribution in [0.3, 0.4) is 0 Å². The lowest BCUT2D eigenvalue weighted by Gasteiger charge is -2.48. The van der Waals surface area contributed by atoms with E-state index in [1.165, 1.54) is 6.07 Å². The number of ether oxygens (including phenoxy) is 2. The molecule has 1 unspecified atom stereocenters.